The maximum atomic E-state index is 9.03. The number of hydrogen-bond donors (Lipinski definition) is 1. The molecule has 0 aliphatic heterocycles. The van der Waals surface area contributed by atoms with E-state index in [-0.39, 0.29) is 6.61 Å². The van der Waals surface area contributed by atoms with E-state index >= 15 is 0 Å². The van der Waals surface area contributed by atoms with E-state index in [1.807, 2.05) is 6.92 Å². The van der Waals surface area contributed by atoms with Crippen LogP contribution in [-0.4, -0.2) is 11.7 Å². The number of rotatable bonds is 4. The van der Waals surface area contributed by atoms with E-state index in [2.05, 4.69) is 19.9 Å². The average molecular weight is 234 g/mol. The molecule has 1 N–H and O–H groups in total. The van der Waals surface area contributed by atoms with Gasteiger partial charge in [0.1, 0.15) is 0 Å². The molecular formula is C16H26O. The summed E-state index contributed by atoms with van der Waals surface area (Å²) in [5, 5.41) is 9.03. The molecular weight excluding hydrogens is 208 g/mol. The van der Waals surface area contributed by atoms with E-state index in [0.29, 0.717) is 5.41 Å². The summed E-state index contributed by atoms with van der Waals surface area (Å²) in [6, 6.07) is 0. The Kier molecular flexibility index (Phi) is 2.66. The van der Waals surface area contributed by atoms with Crippen molar-refractivity contribution >= 4 is 0 Å². The summed E-state index contributed by atoms with van der Waals surface area (Å²) in [7, 11) is 0. The Morgan fingerprint density at radius 1 is 1.35 bits per heavy atom. The van der Waals surface area contributed by atoms with Gasteiger partial charge in [-0.15, -0.1) is 0 Å². The molecule has 4 saturated carbocycles. The summed E-state index contributed by atoms with van der Waals surface area (Å²) in [6.07, 6.45) is 7.78. The summed E-state index contributed by atoms with van der Waals surface area (Å²) in [4.78, 5) is 0. The van der Waals surface area contributed by atoms with Crippen molar-refractivity contribution < 1.29 is 5.11 Å². The smallest absolute Gasteiger partial charge is 0.0639 e. The van der Waals surface area contributed by atoms with Crippen LogP contribution in [0.15, 0.2) is 11.6 Å². The van der Waals surface area contributed by atoms with Crippen LogP contribution in [0.3, 0.4) is 0 Å². The monoisotopic (exact) mass is 234 g/mol. The fourth-order valence-corrected chi connectivity index (χ4v) is 5.11. The lowest BCUT2D eigenvalue weighted by molar-refractivity contribution is 0.0137. The van der Waals surface area contributed by atoms with Crippen molar-refractivity contribution in [3.8, 4) is 0 Å². The highest BCUT2D eigenvalue weighted by Gasteiger charge is 2.68. The molecule has 4 rings (SSSR count). The van der Waals surface area contributed by atoms with Gasteiger partial charge in [0.15, 0.2) is 0 Å². The predicted octanol–water partition coefficient (Wildman–Crippen LogP) is 3.63. The van der Waals surface area contributed by atoms with Crippen LogP contribution in [0, 0.1) is 35.0 Å². The van der Waals surface area contributed by atoms with Gasteiger partial charge in [-0.25, -0.2) is 0 Å². The minimum absolute atomic E-state index is 0.225. The van der Waals surface area contributed by atoms with Crippen molar-refractivity contribution in [2.75, 3.05) is 6.61 Å². The standard InChI is InChI=1S/C16H26O/c1-10(9-17)5-4-6-16(3)11(2)15-13-7-12(16)8-14(13)15/h5,11-15,17H,4,6-9H2,1-3H3/b10-5+/t11?,12?,13-,14?,15?,16?/m0/s1. The van der Waals surface area contributed by atoms with Gasteiger partial charge >= 0.3 is 0 Å². The quantitative estimate of drug-likeness (QED) is 0.736. The number of hydrogen-bond acceptors (Lipinski definition) is 1. The molecule has 6 atom stereocenters. The summed E-state index contributed by atoms with van der Waals surface area (Å²) in [6.45, 7) is 7.30. The molecule has 4 fully saturated rings. The summed E-state index contributed by atoms with van der Waals surface area (Å²) >= 11 is 0. The number of aliphatic hydroxyl groups excluding tert-OH is 1. The van der Waals surface area contributed by atoms with Crippen LogP contribution >= 0.6 is 0 Å². The second kappa shape index (κ2) is 3.85. The Balaban J connectivity index is 1.65. The highest BCUT2D eigenvalue weighted by molar-refractivity contribution is 5.17. The Labute approximate surface area is 105 Å². The van der Waals surface area contributed by atoms with Gasteiger partial charge in [-0.05, 0) is 67.6 Å². The average Bonchev–Trinajstić information content (AvgIpc) is 2.82. The summed E-state index contributed by atoms with van der Waals surface area (Å²) in [5.74, 6) is 5.26. The van der Waals surface area contributed by atoms with Gasteiger partial charge < -0.3 is 5.11 Å². The zero-order valence-electron chi connectivity index (χ0n) is 11.4. The lowest BCUT2D eigenvalue weighted by Gasteiger charge is -2.48. The second-order valence-electron chi connectivity index (χ2n) is 7.12. The third-order valence-electron chi connectivity index (χ3n) is 6.49. The number of fused-ring (bicyclic) bond motifs is 1. The molecule has 0 amide bonds. The molecule has 96 valence electrons. The van der Waals surface area contributed by atoms with Crippen LogP contribution in [0.1, 0.15) is 46.5 Å². The Morgan fingerprint density at radius 3 is 2.53 bits per heavy atom. The lowest BCUT2D eigenvalue weighted by atomic mass is 9.57. The zero-order valence-corrected chi connectivity index (χ0v) is 11.4. The van der Waals surface area contributed by atoms with Gasteiger partial charge in [0.05, 0.1) is 6.61 Å². The number of aliphatic hydroxyl groups is 1. The van der Waals surface area contributed by atoms with Gasteiger partial charge in [-0.3, -0.25) is 0 Å². The first kappa shape index (κ1) is 11.8. The molecule has 0 radical (unpaired) electrons. The zero-order chi connectivity index (χ0) is 12.2. The van der Waals surface area contributed by atoms with Crippen molar-refractivity contribution in [1.82, 2.24) is 0 Å². The van der Waals surface area contributed by atoms with E-state index in [1.165, 1.54) is 19.3 Å². The molecule has 4 aliphatic rings. The van der Waals surface area contributed by atoms with Gasteiger partial charge in [0, 0.05) is 0 Å². The highest BCUT2D eigenvalue weighted by Crippen LogP contribution is 2.74. The molecule has 0 aromatic carbocycles. The van der Waals surface area contributed by atoms with E-state index < -0.39 is 0 Å². The second-order valence-corrected chi connectivity index (χ2v) is 7.12. The van der Waals surface area contributed by atoms with E-state index in [0.717, 1.165) is 41.6 Å². The molecule has 0 aromatic heterocycles. The van der Waals surface area contributed by atoms with Crippen molar-refractivity contribution in [1.29, 1.82) is 0 Å². The molecule has 4 aliphatic carbocycles. The van der Waals surface area contributed by atoms with Crippen molar-refractivity contribution in [3.63, 3.8) is 0 Å². The minimum atomic E-state index is 0.225. The molecule has 0 spiro atoms. The van der Waals surface area contributed by atoms with Crippen molar-refractivity contribution in [2.24, 2.45) is 35.0 Å². The molecule has 4 bridgehead atoms. The Morgan fingerprint density at radius 2 is 2.00 bits per heavy atom. The van der Waals surface area contributed by atoms with Gasteiger partial charge in [0.25, 0.3) is 0 Å². The normalized spacial score (nSPS) is 51.8. The third-order valence-corrected chi connectivity index (χ3v) is 6.49. The first-order valence-corrected chi connectivity index (χ1v) is 7.34. The minimum Gasteiger partial charge on any atom is -0.392 e. The fourth-order valence-electron chi connectivity index (χ4n) is 5.11. The molecule has 0 heterocycles. The maximum Gasteiger partial charge on any atom is 0.0639 e. The maximum absolute atomic E-state index is 9.03. The first-order valence-electron chi connectivity index (χ1n) is 7.34. The van der Waals surface area contributed by atoms with Crippen LogP contribution in [0.2, 0.25) is 0 Å². The van der Waals surface area contributed by atoms with Crippen LogP contribution in [0.5, 0.6) is 0 Å². The van der Waals surface area contributed by atoms with E-state index in [1.54, 1.807) is 0 Å². The SMILES string of the molecule is C/C(=C\CCC1(C)C2CC3C(C1C)[C@H]3C2)CO. The largest absolute Gasteiger partial charge is 0.392 e. The van der Waals surface area contributed by atoms with Crippen LogP contribution in [0.4, 0.5) is 0 Å². The molecule has 17 heavy (non-hydrogen) atoms. The van der Waals surface area contributed by atoms with Gasteiger partial charge in [-0.1, -0.05) is 25.5 Å². The van der Waals surface area contributed by atoms with Gasteiger partial charge in [-0.2, -0.15) is 0 Å². The highest BCUT2D eigenvalue weighted by atomic mass is 16.3. The topological polar surface area (TPSA) is 20.2 Å². The predicted molar refractivity (Wildman–Crippen MR) is 70.5 cm³/mol. The molecule has 0 saturated heterocycles. The Bertz CT molecular complexity index is 329. The van der Waals surface area contributed by atoms with Crippen LogP contribution in [0.25, 0.3) is 0 Å². The summed E-state index contributed by atoms with van der Waals surface area (Å²) < 4.78 is 0. The fraction of sp³-hybridized carbons (Fsp3) is 0.875. The molecule has 1 nitrogen and oxygen atoms in total. The molecule has 0 aromatic rings. The number of allylic oxidation sites excluding steroid dienone is 1. The van der Waals surface area contributed by atoms with E-state index in [9.17, 15) is 0 Å². The van der Waals surface area contributed by atoms with Crippen molar-refractivity contribution in [3.05, 3.63) is 11.6 Å². The Hall–Kier alpha value is -0.300. The third kappa shape index (κ3) is 1.62. The first-order chi connectivity index (χ1) is 8.08. The van der Waals surface area contributed by atoms with Crippen LogP contribution in [-0.2, 0) is 0 Å². The van der Waals surface area contributed by atoms with Crippen LogP contribution < -0.4 is 0 Å². The van der Waals surface area contributed by atoms with Crippen molar-refractivity contribution in [2.45, 2.75) is 46.5 Å². The lowest BCUT2D eigenvalue weighted by Crippen LogP contribution is -2.40. The molecule has 5 unspecified atom stereocenters. The summed E-state index contributed by atoms with van der Waals surface area (Å²) in [5.41, 5.74) is 1.72. The van der Waals surface area contributed by atoms with E-state index in [4.69, 9.17) is 5.11 Å². The van der Waals surface area contributed by atoms with Gasteiger partial charge in [0.2, 0.25) is 0 Å². The molecule has 1 heteroatoms.